The largest absolute Gasteiger partial charge is 0.486 e. The number of rotatable bonds is 5. The average Bonchev–Trinajstić information content (AvgIpc) is 2.81. The summed E-state index contributed by atoms with van der Waals surface area (Å²) in [7, 11) is -1.66. The van der Waals surface area contributed by atoms with Crippen molar-refractivity contribution in [1.82, 2.24) is 9.97 Å². The van der Waals surface area contributed by atoms with Crippen LogP contribution < -0.4 is 14.8 Å². The Hall–Kier alpha value is -3.11. The highest BCUT2D eigenvalue weighted by Crippen LogP contribution is 2.36. The van der Waals surface area contributed by atoms with Gasteiger partial charge in [-0.2, -0.15) is 0 Å². The van der Waals surface area contributed by atoms with Crippen molar-refractivity contribution in [3.8, 4) is 23.0 Å². The van der Waals surface area contributed by atoms with Crippen molar-refractivity contribution in [1.29, 1.82) is 0 Å². The van der Waals surface area contributed by atoms with Gasteiger partial charge in [-0.05, 0) is 36.3 Å². The minimum Gasteiger partial charge on any atom is -0.486 e. The van der Waals surface area contributed by atoms with Gasteiger partial charge < -0.3 is 14.8 Å². The molecule has 5 nitrogen and oxygen atoms in total. The van der Waals surface area contributed by atoms with Gasteiger partial charge in [0.1, 0.15) is 33.4 Å². The van der Waals surface area contributed by atoms with Gasteiger partial charge in [-0.1, -0.05) is 32.8 Å². The third kappa shape index (κ3) is 4.21. The maximum atomic E-state index is 15.3. The Morgan fingerprint density at radius 3 is 2.45 bits per heavy atom. The third-order valence-electron chi connectivity index (χ3n) is 6.04. The molecular formula is C24H26FN3O2Si. The monoisotopic (exact) mass is 435 g/mol. The molecule has 0 bridgehead atoms. The average molecular weight is 436 g/mol. The zero-order valence-electron chi connectivity index (χ0n) is 18.1. The van der Waals surface area contributed by atoms with Crippen molar-refractivity contribution < 1.29 is 13.9 Å². The van der Waals surface area contributed by atoms with Gasteiger partial charge in [0.25, 0.3) is 0 Å². The van der Waals surface area contributed by atoms with Gasteiger partial charge in [0.15, 0.2) is 17.3 Å². The fourth-order valence-corrected chi connectivity index (χ4v) is 6.19. The molecule has 1 aromatic heterocycles. The molecule has 0 radical (unpaired) electrons. The van der Waals surface area contributed by atoms with E-state index in [4.69, 9.17) is 9.47 Å². The van der Waals surface area contributed by atoms with Crippen molar-refractivity contribution in [2.24, 2.45) is 0 Å². The number of benzene rings is 2. The van der Waals surface area contributed by atoms with Gasteiger partial charge >= 0.3 is 0 Å². The number of aromatic nitrogens is 2. The van der Waals surface area contributed by atoms with Crippen LogP contribution in [0.3, 0.4) is 0 Å². The van der Waals surface area contributed by atoms with Crippen LogP contribution in [0.15, 0.2) is 36.7 Å². The van der Waals surface area contributed by atoms with Gasteiger partial charge in [-0.25, -0.2) is 14.4 Å². The van der Waals surface area contributed by atoms with Crippen molar-refractivity contribution in [2.75, 3.05) is 18.5 Å². The van der Waals surface area contributed by atoms with Crippen LogP contribution in [0.25, 0.3) is 10.9 Å². The Kier molecular flexibility index (Phi) is 6.10. The molecule has 2 heterocycles. The first-order chi connectivity index (χ1) is 15.1. The van der Waals surface area contributed by atoms with E-state index >= 15 is 4.39 Å². The second-order valence-electron chi connectivity index (χ2n) is 7.62. The minimum atomic E-state index is -1.66. The van der Waals surface area contributed by atoms with E-state index < -0.39 is 8.07 Å². The lowest BCUT2D eigenvalue weighted by Gasteiger charge is -2.20. The quantitative estimate of drug-likeness (QED) is 0.413. The summed E-state index contributed by atoms with van der Waals surface area (Å²) in [5, 5.41) is 3.86. The third-order valence-corrected chi connectivity index (χ3v) is 10.8. The molecular weight excluding hydrogens is 409 g/mol. The lowest BCUT2D eigenvalue weighted by molar-refractivity contribution is 0.172. The van der Waals surface area contributed by atoms with Crippen LogP contribution >= 0.6 is 0 Å². The van der Waals surface area contributed by atoms with E-state index in [1.165, 1.54) is 6.33 Å². The van der Waals surface area contributed by atoms with Crippen molar-refractivity contribution in [3.05, 3.63) is 48.0 Å². The molecule has 31 heavy (non-hydrogen) atoms. The first-order valence-electron chi connectivity index (χ1n) is 10.7. The number of fused-ring (bicyclic) bond motifs is 2. The molecule has 0 saturated heterocycles. The van der Waals surface area contributed by atoms with E-state index in [-0.39, 0.29) is 5.82 Å². The highest BCUT2D eigenvalue weighted by atomic mass is 28.3. The van der Waals surface area contributed by atoms with Crippen molar-refractivity contribution >= 4 is 30.5 Å². The van der Waals surface area contributed by atoms with Crippen LogP contribution in [0, 0.1) is 17.3 Å². The van der Waals surface area contributed by atoms with E-state index in [0.717, 1.165) is 23.5 Å². The van der Waals surface area contributed by atoms with E-state index in [9.17, 15) is 0 Å². The maximum absolute atomic E-state index is 15.3. The van der Waals surface area contributed by atoms with E-state index in [1.807, 2.05) is 18.2 Å². The first-order valence-corrected chi connectivity index (χ1v) is 13.3. The molecule has 1 aliphatic heterocycles. The van der Waals surface area contributed by atoms with Crippen LogP contribution in [0.5, 0.6) is 11.5 Å². The van der Waals surface area contributed by atoms with Crippen LogP contribution in [-0.4, -0.2) is 31.3 Å². The second kappa shape index (κ2) is 8.94. The number of ether oxygens (including phenoxy) is 2. The Bertz CT molecular complexity index is 1160. The molecule has 0 unspecified atom stereocenters. The SMILES string of the molecule is CC[Si](C#Cc1cccc(Nc2ncnc3cc4c(cc23)OCCO4)c1F)(CC)CC. The van der Waals surface area contributed by atoms with E-state index in [0.29, 0.717) is 47.3 Å². The lowest BCUT2D eigenvalue weighted by atomic mass is 10.1. The number of nitrogens with zero attached hydrogens (tertiary/aromatic N) is 2. The molecule has 2 aromatic carbocycles. The van der Waals surface area contributed by atoms with Crippen LogP contribution in [0.4, 0.5) is 15.9 Å². The molecule has 0 aliphatic carbocycles. The Labute approximate surface area is 183 Å². The van der Waals surface area contributed by atoms with Crippen molar-refractivity contribution in [3.63, 3.8) is 0 Å². The zero-order chi connectivity index (χ0) is 21.8. The molecule has 1 N–H and O–H groups in total. The number of halogens is 1. The molecule has 0 amide bonds. The highest BCUT2D eigenvalue weighted by Gasteiger charge is 2.24. The highest BCUT2D eigenvalue weighted by molar-refractivity contribution is 6.87. The predicted molar refractivity (Wildman–Crippen MR) is 124 cm³/mol. The predicted octanol–water partition coefficient (Wildman–Crippen LogP) is 5.68. The summed E-state index contributed by atoms with van der Waals surface area (Å²) in [5.74, 6) is 4.56. The molecule has 0 spiro atoms. The summed E-state index contributed by atoms with van der Waals surface area (Å²) < 4.78 is 26.6. The summed E-state index contributed by atoms with van der Waals surface area (Å²) in [5.41, 5.74) is 4.90. The van der Waals surface area contributed by atoms with Crippen LogP contribution in [-0.2, 0) is 0 Å². The summed E-state index contributed by atoms with van der Waals surface area (Å²) in [4.78, 5) is 8.65. The summed E-state index contributed by atoms with van der Waals surface area (Å²) >= 11 is 0. The summed E-state index contributed by atoms with van der Waals surface area (Å²) in [6.45, 7) is 7.57. The molecule has 3 aromatic rings. The van der Waals surface area contributed by atoms with Gasteiger partial charge in [0.05, 0.1) is 16.8 Å². The Morgan fingerprint density at radius 2 is 1.74 bits per heavy atom. The Morgan fingerprint density at radius 1 is 1.03 bits per heavy atom. The minimum absolute atomic E-state index is 0.332. The normalized spacial score (nSPS) is 12.9. The van der Waals surface area contributed by atoms with Gasteiger partial charge in [0.2, 0.25) is 0 Å². The summed E-state index contributed by atoms with van der Waals surface area (Å²) in [6.07, 6.45) is 1.45. The molecule has 0 saturated carbocycles. The van der Waals surface area contributed by atoms with Gasteiger partial charge in [-0.15, -0.1) is 5.54 Å². The number of nitrogens with one attached hydrogen (secondary N) is 1. The topological polar surface area (TPSA) is 56.3 Å². The van der Waals surface area contributed by atoms with Crippen LogP contribution in [0.1, 0.15) is 26.3 Å². The summed E-state index contributed by atoms with van der Waals surface area (Å²) in [6, 6.07) is 12.1. The van der Waals surface area contributed by atoms with Gasteiger partial charge in [-0.3, -0.25) is 0 Å². The van der Waals surface area contributed by atoms with E-state index in [1.54, 1.807) is 12.1 Å². The molecule has 1 aliphatic rings. The van der Waals surface area contributed by atoms with E-state index in [2.05, 4.69) is 47.5 Å². The number of anilines is 2. The van der Waals surface area contributed by atoms with Crippen LogP contribution in [0.2, 0.25) is 18.1 Å². The molecule has 0 fully saturated rings. The zero-order valence-corrected chi connectivity index (χ0v) is 19.1. The first kappa shape index (κ1) is 21.1. The fourth-order valence-electron chi connectivity index (χ4n) is 3.76. The smallest absolute Gasteiger partial charge is 0.163 e. The van der Waals surface area contributed by atoms with Crippen molar-refractivity contribution in [2.45, 2.75) is 38.9 Å². The van der Waals surface area contributed by atoms with Gasteiger partial charge in [0, 0.05) is 11.5 Å². The number of hydrogen-bond donors (Lipinski definition) is 1. The molecule has 7 heteroatoms. The lowest BCUT2D eigenvalue weighted by Crippen LogP contribution is -2.29. The second-order valence-corrected chi connectivity index (χ2v) is 12.6. The molecule has 160 valence electrons. The standard InChI is InChI=1S/C24H26FN3O2Si/c1-4-31(5-2,6-3)13-10-17-8-7-9-19(23(17)25)28-24-18-14-21-22(30-12-11-29-21)15-20(18)26-16-27-24/h7-9,14-16H,4-6,11-12H2,1-3H3,(H,26,27,28). The fraction of sp³-hybridized carbons (Fsp3) is 0.333. The Balaban J connectivity index is 1.70. The molecule has 4 rings (SSSR count). The maximum Gasteiger partial charge on any atom is 0.163 e. The number of hydrogen-bond acceptors (Lipinski definition) is 5. The molecule has 0 atom stereocenters.